The summed E-state index contributed by atoms with van der Waals surface area (Å²) in [5, 5.41) is 10.3. The Hall–Kier alpha value is -2.00. The standard InChI is InChI=1S/C18H21NO2/c1-21-15-10-8-14(9-11-15)13-19-12-4-7-18(20)16-5-2-3-6-17(16)19/h2-3,5-6,8-11,18,20H,4,7,12-13H2,1H3. The Morgan fingerprint density at radius 2 is 1.90 bits per heavy atom. The van der Waals surface area contributed by atoms with Crippen molar-refractivity contribution in [2.75, 3.05) is 18.6 Å². The minimum Gasteiger partial charge on any atom is -0.497 e. The van der Waals surface area contributed by atoms with E-state index in [-0.39, 0.29) is 6.10 Å². The molecule has 0 fully saturated rings. The molecule has 1 unspecified atom stereocenters. The Morgan fingerprint density at radius 3 is 2.67 bits per heavy atom. The number of methoxy groups -OCH3 is 1. The van der Waals surface area contributed by atoms with Crippen molar-refractivity contribution in [3.63, 3.8) is 0 Å². The molecule has 0 amide bonds. The fourth-order valence-corrected chi connectivity index (χ4v) is 2.92. The lowest BCUT2D eigenvalue weighted by atomic mass is 10.0. The van der Waals surface area contributed by atoms with Gasteiger partial charge in [0.1, 0.15) is 5.75 Å². The summed E-state index contributed by atoms with van der Waals surface area (Å²) in [5.74, 6) is 0.880. The van der Waals surface area contributed by atoms with Gasteiger partial charge in [-0.1, -0.05) is 30.3 Å². The van der Waals surface area contributed by atoms with Crippen LogP contribution in [0.3, 0.4) is 0 Å². The molecule has 1 aliphatic heterocycles. The van der Waals surface area contributed by atoms with Crippen LogP contribution in [0.1, 0.15) is 30.1 Å². The number of anilines is 1. The number of fused-ring (bicyclic) bond motifs is 1. The smallest absolute Gasteiger partial charge is 0.118 e. The molecule has 110 valence electrons. The Kier molecular flexibility index (Phi) is 4.11. The zero-order valence-electron chi connectivity index (χ0n) is 12.3. The SMILES string of the molecule is COc1ccc(CN2CCCC(O)c3ccccc32)cc1. The van der Waals surface area contributed by atoms with E-state index in [4.69, 9.17) is 4.74 Å². The second-order valence-electron chi connectivity index (χ2n) is 5.49. The number of aliphatic hydroxyl groups excluding tert-OH is 1. The molecular formula is C18H21NO2. The summed E-state index contributed by atoms with van der Waals surface area (Å²) in [6.45, 7) is 1.83. The van der Waals surface area contributed by atoms with Gasteiger partial charge >= 0.3 is 0 Å². The van der Waals surface area contributed by atoms with Crippen LogP contribution in [0.25, 0.3) is 0 Å². The molecule has 0 aliphatic carbocycles. The predicted octanol–water partition coefficient (Wildman–Crippen LogP) is 3.53. The van der Waals surface area contributed by atoms with Crippen LogP contribution in [-0.2, 0) is 6.54 Å². The summed E-state index contributed by atoms with van der Waals surface area (Å²) in [4.78, 5) is 2.35. The molecule has 0 saturated carbocycles. The molecular weight excluding hydrogens is 262 g/mol. The molecule has 2 aromatic rings. The fraction of sp³-hybridized carbons (Fsp3) is 0.333. The molecule has 0 saturated heterocycles. The maximum Gasteiger partial charge on any atom is 0.118 e. The van der Waals surface area contributed by atoms with Crippen LogP contribution in [-0.4, -0.2) is 18.8 Å². The highest BCUT2D eigenvalue weighted by atomic mass is 16.5. The second-order valence-corrected chi connectivity index (χ2v) is 5.49. The van der Waals surface area contributed by atoms with Crippen molar-refractivity contribution >= 4 is 5.69 Å². The molecule has 2 aromatic carbocycles. The molecule has 21 heavy (non-hydrogen) atoms. The largest absolute Gasteiger partial charge is 0.497 e. The van der Waals surface area contributed by atoms with Crippen molar-refractivity contribution in [1.29, 1.82) is 0 Å². The van der Waals surface area contributed by atoms with Gasteiger partial charge in [-0.2, -0.15) is 0 Å². The van der Waals surface area contributed by atoms with Gasteiger partial charge in [0.15, 0.2) is 0 Å². The van der Waals surface area contributed by atoms with Crippen molar-refractivity contribution < 1.29 is 9.84 Å². The van der Waals surface area contributed by atoms with E-state index in [0.29, 0.717) is 0 Å². The summed E-state index contributed by atoms with van der Waals surface area (Å²) >= 11 is 0. The van der Waals surface area contributed by atoms with Gasteiger partial charge in [0, 0.05) is 24.3 Å². The first kappa shape index (κ1) is 14.0. The van der Waals surface area contributed by atoms with Gasteiger partial charge in [0.05, 0.1) is 13.2 Å². The van der Waals surface area contributed by atoms with Gasteiger partial charge in [-0.3, -0.25) is 0 Å². The molecule has 1 N–H and O–H groups in total. The van der Waals surface area contributed by atoms with Crippen LogP contribution >= 0.6 is 0 Å². The maximum atomic E-state index is 10.3. The van der Waals surface area contributed by atoms with Gasteiger partial charge in [-0.05, 0) is 36.6 Å². The number of hydrogen-bond donors (Lipinski definition) is 1. The number of nitrogens with zero attached hydrogens (tertiary/aromatic N) is 1. The summed E-state index contributed by atoms with van der Waals surface area (Å²) in [5.41, 5.74) is 3.45. The van der Waals surface area contributed by atoms with Gasteiger partial charge in [0.25, 0.3) is 0 Å². The first-order chi connectivity index (χ1) is 10.3. The molecule has 3 heteroatoms. The summed E-state index contributed by atoms with van der Waals surface area (Å²) in [6.07, 6.45) is 1.49. The fourth-order valence-electron chi connectivity index (χ4n) is 2.92. The van der Waals surface area contributed by atoms with Crippen LogP contribution in [0.4, 0.5) is 5.69 Å². The minimum absolute atomic E-state index is 0.345. The van der Waals surface area contributed by atoms with E-state index in [1.54, 1.807) is 7.11 Å². The van der Waals surface area contributed by atoms with E-state index in [0.717, 1.165) is 42.9 Å². The van der Waals surface area contributed by atoms with E-state index < -0.39 is 0 Å². The number of benzene rings is 2. The lowest BCUT2D eigenvalue weighted by Crippen LogP contribution is -2.23. The molecule has 0 radical (unpaired) electrons. The van der Waals surface area contributed by atoms with E-state index in [1.807, 2.05) is 30.3 Å². The third kappa shape index (κ3) is 3.03. The summed E-state index contributed by atoms with van der Waals surface area (Å²) in [6, 6.07) is 16.4. The van der Waals surface area contributed by atoms with Crippen LogP contribution in [0.2, 0.25) is 0 Å². The summed E-state index contributed by atoms with van der Waals surface area (Å²) < 4.78 is 5.20. The zero-order chi connectivity index (χ0) is 14.7. The van der Waals surface area contributed by atoms with Gasteiger partial charge in [-0.25, -0.2) is 0 Å². The Morgan fingerprint density at radius 1 is 1.14 bits per heavy atom. The van der Waals surface area contributed by atoms with Crippen molar-refractivity contribution in [3.05, 3.63) is 59.7 Å². The Balaban J connectivity index is 1.85. The van der Waals surface area contributed by atoms with E-state index in [9.17, 15) is 5.11 Å². The normalized spacial score (nSPS) is 18.0. The third-order valence-electron chi connectivity index (χ3n) is 4.07. The van der Waals surface area contributed by atoms with Crippen molar-refractivity contribution in [2.24, 2.45) is 0 Å². The molecule has 0 bridgehead atoms. The van der Waals surface area contributed by atoms with E-state index in [1.165, 1.54) is 5.56 Å². The topological polar surface area (TPSA) is 32.7 Å². The van der Waals surface area contributed by atoms with Gasteiger partial charge < -0.3 is 14.7 Å². The van der Waals surface area contributed by atoms with Crippen LogP contribution < -0.4 is 9.64 Å². The first-order valence-corrected chi connectivity index (χ1v) is 7.43. The van der Waals surface area contributed by atoms with Crippen molar-refractivity contribution in [1.82, 2.24) is 0 Å². The lowest BCUT2D eigenvalue weighted by Gasteiger charge is -2.25. The van der Waals surface area contributed by atoms with E-state index in [2.05, 4.69) is 23.1 Å². The highest BCUT2D eigenvalue weighted by Crippen LogP contribution is 2.33. The number of aliphatic hydroxyl groups is 1. The monoisotopic (exact) mass is 283 g/mol. The van der Waals surface area contributed by atoms with Crippen LogP contribution in [0.5, 0.6) is 5.75 Å². The zero-order valence-corrected chi connectivity index (χ0v) is 12.3. The molecule has 0 aromatic heterocycles. The number of ether oxygens (including phenoxy) is 1. The maximum absolute atomic E-state index is 10.3. The number of hydrogen-bond acceptors (Lipinski definition) is 3. The minimum atomic E-state index is -0.345. The predicted molar refractivity (Wildman–Crippen MR) is 84.7 cm³/mol. The summed E-state index contributed by atoms with van der Waals surface area (Å²) in [7, 11) is 1.68. The number of rotatable bonds is 3. The molecule has 3 nitrogen and oxygen atoms in total. The molecule has 1 heterocycles. The molecule has 1 aliphatic rings. The quantitative estimate of drug-likeness (QED) is 0.935. The first-order valence-electron chi connectivity index (χ1n) is 7.43. The number of para-hydroxylation sites is 1. The second kappa shape index (κ2) is 6.19. The molecule has 1 atom stereocenters. The Labute approximate surface area is 125 Å². The molecule has 3 rings (SSSR count). The third-order valence-corrected chi connectivity index (χ3v) is 4.07. The van der Waals surface area contributed by atoms with E-state index >= 15 is 0 Å². The highest BCUT2D eigenvalue weighted by molar-refractivity contribution is 5.55. The lowest BCUT2D eigenvalue weighted by molar-refractivity contribution is 0.168. The van der Waals surface area contributed by atoms with Crippen molar-refractivity contribution in [3.8, 4) is 5.75 Å². The average Bonchev–Trinajstić information content (AvgIpc) is 2.69. The van der Waals surface area contributed by atoms with Crippen molar-refractivity contribution in [2.45, 2.75) is 25.5 Å². The van der Waals surface area contributed by atoms with Gasteiger partial charge in [-0.15, -0.1) is 0 Å². The highest BCUT2D eigenvalue weighted by Gasteiger charge is 2.20. The average molecular weight is 283 g/mol. The van der Waals surface area contributed by atoms with Gasteiger partial charge in [0.2, 0.25) is 0 Å². The Bertz CT molecular complexity index is 594. The van der Waals surface area contributed by atoms with Crippen LogP contribution in [0.15, 0.2) is 48.5 Å². The molecule has 0 spiro atoms. The van der Waals surface area contributed by atoms with Crippen LogP contribution in [0, 0.1) is 0 Å².